The number of carbonyl (C=O) groups excluding carboxylic acids is 2. The fraction of sp³-hybridized carbons (Fsp3) is 0.0909. The van der Waals surface area contributed by atoms with Crippen molar-refractivity contribution in [2.75, 3.05) is 7.11 Å². The number of hydrogen-bond donors (Lipinski definition) is 0. The van der Waals surface area contributed by atoms with Crippen LogP contribution in [0.15, 0.2) is 101 Å². The first-order chi connectivity index (χ1) is 19.5. The van der Waals surface area contributed by atoms with Crippen molar-refractivity contribution in [2.45, 2.75) is 13.5 Å². The molecule has 0 spiro atoms. The number of Topliss-reactive ketones (excluding diaryl/α,β-unsaturated/α-hetero) is 1. The maximum Gasteiger partial charge on any atom is 0.347 e. The summed E-state index contributed by atoms with van der Waals surface area (Å²) in [6.07, 6.45) is 1.66. The normalized spacial score (nSPS) is 13.2. The molecule has 0 bridgehead atoms. The molecule has 40 heavy (non-hydrogen) atoms. The summed E-state index contributed by atoms with van der Waals surface area (Å²) < 4.78 is 28.4. The lowest BCUT2D eigenvalue weighted by atomic mass is 10.1. The second-order valence-electron chi connectivity index (χ2n) is 9.23. The molecule has 7 nitrogen and oxygen atoms in total. The van der Waals surface area contributed by atoms with Crippen LogP contribution < -0.4 is 18.9 Å². The number of methoxy groups -OCH3 is 1. The first-order valence-electron chi connectivity index (χ1n) is 12.6. The van der Waals surface area contributed by atoms with E-state index >= 15 is 0 Å². The second-order valence-corrected chi connectivity index (χ2v) is 9.23. The Hall–Kier alpha value is -5.30. The van der Waals surface area contributed by atoms with Gasteiger partial charge in [-0.3, -0.25) is 4.79 Å². The number of benzene rings is 4. The van der Waals surface area contributed by atoms with Crippen LogP contribution in [0.1, 0.15) is 37.6 Å². The minimum absolute atomic E-state index is 0.184. The van der Waals surface area contributed by atoms with E-state index in [1.165, 1.54) is 6.07 Å². The molecule has 5 aromatic rings. The van der Waals surface area contributed by atoms with Crippen molar-refractivity contribution in [3.8, 4) is 23.0 Å². The lowest BCUT2D eigenvalue weighted by molar-refractivity contribution is 0.0734. The monoisotopic (exact) mass is 532 g/mol. The summed E-state index contributed by atoms with van der Waals surface area (Å²) >= 11 is 0. The van der Waals surface area contributed by atoms with E-state index in [9.17, 15) is 9.59 Å². The quantitative estimate of drug-likeness (QED) is 0.125. The van der Waals surface area contributed by atoms with Gasteiger partial charge < -0.3 is 23.4 Å². The molecule has 0 radical (unpaired) electrons. The molecule has 0 unspecified atom stereocenters. The summed E-state index contributed by atoms with van der Waals surface area (Å²) in [6.45, 7) is 2.10. The summed E-state index contributed by atoms with van der Waals surface area (Å²) in [6, 6.07) is 27.1. The molecule has 0 saturated carbocycles. The van der Waals surface area contributed by atoms with Gasteiger partial charge in [0.2, 0.25) is 5.78 Å². The van der Waals surface area contributed by atoms with E-state index in [0.717, 1.165) is 11.1 Å². The average molecular weight is 533 g/mol. The zero-order valence-electron chi connectivity index (χ0n) is 21.8. The summed E-state index contributed by atoms with van der Waals surface area (Å²) in [5.41, 5.74) is 3.07. The summed E-state index contributed by atoms with van der Waals surface area (Å²) in [7, 11) is 1.59. The van der Waals surface area contributed by atoms with Crippen molar-refractivity contribution in [3.63, 3.8) is 0 Å². The van der Waals surface area contributed by atoms with E-state index in [-0.39, 0.29) is 17.3 Å². The fourth-order valence-electron chi connectivity index (χ4n) is 4.52. The van der Waals surface area contributed by atoms with Gasteiger partial charge in [0.05, 0.1) is 12.7 Å². The van der Waals surface area contributed by atoms with Crippen LogP contribution in [0.25, 0.3) is 17.0 Å². The van der Waals surface area contributed by atoms with Crippen molar-refractivity contribution < 1.29 is 33.0 Å². The number of hydrogen-bond acceptors (Lipinski definition) is 7. The standard InChI is InChI=1S/C33H24O7/c1-20-31(27-17-24(13-15-28(27)38-20)37-19-22-6-4-3-5-7-22)33(35)39-25-12-14-26-29(18-25)40-30(32(26)34)16-21-8-10-23(36-2)11-9-21/h3-18H,19H2,1-2H3/b30-16-. The third kappa shape index (κ3) is 4.92. The van der Waals surface area contributed by atoms with Crippen molar-refractivity contribution >= 4 is 28.8 Å². The van der Waals surface area contributed by atoms with Gasteiger partial charge in [0.25, 0.3) is 0 Å². The van der Waals surface area contributed by atoms with E-state index in [1.807, 2.05) is 42.5 Å². The van der Waals surface area contributed by atoms with Crippen LogP contribution in [-0.4, -0.2) is 18.9 Å². The topological polar surface area (TPSA) is 84.2 Å². The second kappa shape index (κ2) is 10.5. The maximum atomic E-state index is 13.3. The highest BCUT2D eigenvalue weighted by Gasteiger charge is 2.29. The Bertz CT molecular complexity index is 1760. The number of allylic oxidation sites excluding steroid dienone is 1. The zero-order chi connectivity index (χ0) is 27.6. The minimum atomic E-state index is -0.588. The van der Waals surface area contributed by atoms with Crippen LogP contribution in [-0.2, 0) is 6.61 Å². The van der Waals surface area contributed by atoms with Crippen LogP contribution in [0.4, 0.5) is 0 Å². The van der Waals surface area contributed by atoms with Gasteiger partial charge in [-0.25, -0.2) is 4.79 Å². The molecule has 2 heterocycles. The highest BCUT2D eigenvalue weighted by Crippen LogP contribution is 2.36. The molecule has 1 aliphatic heterocycles. The number of rotatable bonds is 7. The SMILES string of the molecule is COc1ccc(/C=C2\Oc3cc(OC(=O)c4c(C)oc5ccc(OCc6ccccc6)cc45)ccc3C2=O)cc1. The molecule has 6 rings (SSSR count). The van der Waals surface area contributed by atoms with Gasteiger partial charge in [-0.05, 0) is 66.6 Å². The summed E-state index contributed by atoms with van der Waals surface area (Å²) in [5, 5.41) is 0.588. The largest absolute Gasteiger partial charge is 0.497 e. The van der Waals surface area contributed by atoms with Crippen molar-refractivity contribution in [1.82, 2.24) is 0 Å². The number of furan rings is 1. The molecule has 0 fully saturated rings. The Morgan fingerprint density at radius 2 is 1.62 bits per heavy atom. The number of ketones is 1. The molecule has 0 N–H and O–H groups in total. The maximum absolute atomic E-state index is 13.3. The van der Waals surface area contributed by atoms with Crippen LogP contribution in [0.5, 0.6) is 23.0 Å². The molecule has 0 saturated heterocycles. The lowest BCUT2D eigenvalue weighted by Crippen LogP contribution is -2.09. The van der Waals surface area contributed by atoms with E-state index in [2.05, 4.69) is 0 Å². The van der Waals surface area contributed by atoms with Gasteiger partial charge in [-0.2, -0.15) is 0 Å². The van der Waals surface area contributed by atoms with Crippen molar-refractivity contribution in [1.29, 1.82) is 0 Å². The predicted octanol–water partition coefficient (Wildman–Crippen LogP) is 7.16. The van der Waals surface area contributed by atoms with Gasteiger partial charge in [0.15, 0.2) is 5.76 Å². The molecule has 198 valence electrons. The molecular formula is C33H24O7. The first kappa shape index (κ1) is 25.0. The van der Waals surface area contributed by atoms with Crippen LogP contribution in [0.2, 0.25) is 0 Å². The van der Waals surface area contributed by atoms with Gasteiger partial charge in [0.1, 0.15) is 46.5 Å². The Kier molecular flexibility index (Phi) is 6.54. The van der Waals surface area contributed by atoms with Crippen LogP contribution >= 0.6 is 0 Å². The van der Waals surface area contributed by atoms with Gasteiger partial charge in [-0.1, -0.05) is 42.5 Å². The first-order valence-corrected chi connectivity index (χ1v) is 12.6. The summed E-state index contributed by atoms with van der Waals surface area (Å²) in [4.78, 5) is 26.1. The number of carbonyl (C=O) groups is 2. The predicted molar refractivity (Wildman–Crippen MR) is 149 cm³/mol. The highest BCUT2D eigenvalue weighted by atomic mass is 16.5. The van der Waals surface area contributed by atoms with Crippen LogP contribution in [0.3, 0.4) is 0 Å². The number of esters is 1. The zero-order valence-corrected chi connectivity index (χ0v) is 21.8. The fourth-order valence-corrected chi connectivity index (χ4v) is 4.52. The number of fused-ring (bicyclic) bond motifs is 2. The number of ether oxygens (including phenoxy) is 4. The lowest BCUT2D eigenvalue weighted by Gasteiger charge is -2.07. The molecule has 1 aliphatic rings. The molecule has 7 heteroatoms. The van der Waals surface area contributed by atoms with Crippen molar-refractivity contribution in [2.24, 2.45) is 0 Å². The van der Waals surface area contributed by atoms with E-state index in [1.54, 1.807) is 62.6 Å². The summed E-state index contributed by atoms with van der Waals surface area (Å²) in [5.74, 6) is 1.66. The van der Waals surface area contributed by atoms with Gasteiger partial charge in [0, 0.05) is 11.5 Å². The van der Waals surface area contributed by atoms with Gasteiger partial charge in [-0.15, -0.1) is 0 Å². The Labute approximate surface area is 230 Å². The molecule has 0 aliphatic carbocycles. The Morgan fingerprint density at radius 3 is 2.40 bits per heavy atom. The van der Waals surface area contributed by atoms with E-state index in [0.29, 0.717) is 51.7 Å². The van der Waals surface area contributed by atoms with Gasteiger partial charge >= 0.3 is 5.97 Å². The molecule has 0 amide bonds. The van der Waals surface area contributed by atoms with E-state index < -0.39 is 5.97 Å². The smallest absolute Gasteiger partial charge is 0.347 e. The third-order valence-electron chi connectivity index (χ3n) is 6.55. The molecule has 4 aromatic carbocycles. The Morgan fingerprint density at radius 1 is 0.875 bits per heavy atom. The number of aryl methyl sites for hydroxylation is 1. The van der Waals surface area contributed by atoms with Crippen LogP contribution in [0, 0.1) is 6.92 Å². The molecule has 0 atom stereocenters. The molecule has 1 aromatic heterocycles. The minimum Gasteiger partial charge on any atom is -0.497 e. The van der Waals surface area contributed by atoms with E-state index in [4.69, 9.17) is 23.4 Å². The third-order valence-corrected chi connectivity index (χ3v) is 6.55. The molecular weight excluding hydrogens is 508 g/mol. The average Bonchev–Trinajstić information content (AvgIpc) is 3.47. The highest BCUT2D eigenvalue weighted by molar-refractivity contribution is 6.14. The van der Waals surface area contributed by atoms with Crippen molar-refractivity contribution in [3.05, 3.63) is 125 Å². The Balaban J connectivity index is 1.20.